The van der Waals surface area contributed by atoms with Crippen LogP contribution in [0.3, 0.4) is 0 Å². The van der Waals surface area contributed by atoms with Gasteiger partial charge in [-0.05, 0) is 39.2 Å². The molecule has 4 unspecified atom stereocenters. The Morgan fingerprint density at radius 3 is 2.62 bits per heavy atom. The number of amides is 1. The zero-order valence-electron chi connectivity index (χ0n) is 15.6. The third-order valence-corrected chi connectivity index (χ3v) is 5.57. The van der Waals surface area contributed by atoms with Crippen molar-refractivity contribution < 1.29 is 19.1 Å². The Kier molecular flexibility index (Phi) is 3.99. The summed E-state index contributed by atoms with van der Waals surface area (Å²) in [6.07, 6.45) is 1.44. The lowest BCUT2D eigenvalue weighted by molar-refractivity contribution is -0.159. The fourth-order valence-corrected chi connectivity index (χ4v) is 4.44. The van der Waals surface area contributed by atoms with Gasteiger partial charge in [0, 0.05) is 19.1 Å². The van der Waals surface area contributed by atoms with Gasteiger partial charge in [-0.15, -0.1) is 0 Å². The Morgan fingerprint density at radius 2 is 1.92 bits per heavy atom. The van der Waals surface area contributed by atoms with Crippen molar-refractivity contribution in [2.75, 3.05) is 13.1 Å². The monoisotopic (exact) mass is 358 g/mol. The van der Waals surface area contributed by atoms with Crippen LogP contribution in [0.2, 0.25) is 0 Å². The van der Waals surface area contributed by atoms with Gasteiger partial charge in [0.15, 0.2) is 0 Å². The topological polar surface area (TPSA) is 58.9 Å². The van der Waals surface area contributed by atoms with Crippen LogP contribution in [-0.2, 0) is 20.9 Å². The van der Waals surface area contributed by atoms with Crippen LogP contribution in [0.5, 0.6) is 0 Å². The van der Waals surface area contributed by atoms with Gasteiger partial charge in [0.2, 0.25) is 0 Å². The molecule has 0 saturated carbocycles. The lowest BCUT2D eigenvalue weighted by Crippen LogP contribution is -2.48. The number of rotatable bonds is 3. The van der Waals surface area contributed by atoms with Gasteiger partial charge in [0.05, 0.1) is 6.04 Å². The highest BCUT2D eigenvalue weighted by atomic mass is 16.6. The van der Waals surface area contributed by atoms with Crippen LogP contribution in [0.1, 0.15) is 39.2 Å². The number of carbonyl (C=O) groups is 2. The first-order chi connectivity index (χ1) is 12.3. The molecule has 4 rings (SSSR count). The van der Waals surface area contributed by atoms with E-state index in [9.17, 15) is 9.59 Å². The lowest BCUT2D eigenvalue weighted by Gasteiger charge is -2.31. The highest BCUT2D eigenvalue weighted by Gasteiger charge is 2.76. The van der Waals surface area contributed by atoms with Crippen molar-refractivity contribution in [1.82, 2.24) is 9.80 Å². The van der Waals surface area contributed by atoms with E-state index in [1.54, 1.807) is 4.90 Å². The van der Waals surface area contributed by atoms with Crippen LogP contribution in [0.15, 0.2) is 30.3 Å². The maximum atomic E-state index is 12.8. The molecule has 0 N–H and O–H groups in total. The Bertz CT molecular complexity index is 714. The van der Waals surface area contributed by atoms with Crippen molar-refractivity contribution in [3.63, 3.8) is 0 Å². The molecule has 6 heteroatoms. The molecule has 3 fully saturated rings. The summed E-state index contributed by atoms with van der Waals surface area (Å²) < 4.78 is 11.1. The zero-order chi connectivity index (χ0) is 18.5. The van der Waals surface area contributed by atoms with Crippen LogP contribution >= 0.6 is 0 Å². The first-order valence-corrected chi connectivity index (χ1v) is 9.29. The van der Waals surface area contributed by atoms with Crippen molar-refractivity contribution >= 4 is 12.1 Å². The summed E-state index contributed by atoms with van der Waals surface area (Å²) in [5.74, 6) is -0.142. The van der Waals surface area contributed by atoms with Crippen molar-refractivity contribution in [2.24, 2.45) is 0 Å². The van der Waals surface area contributed by atoms with Gasteiger partial charge in [0.1, 0.15) is 17.7 Å². The van der Waals surface area contributed by atoms with E-state index in [1.807, 2.05) is 51.1 Å². The van der Waals surface area contributed by atoms with Gasteiger partial charge in [0.25, 0.3) is 0 Å². The summed E-state index contributed by atoms with van der Waals surface area (Å²) in [5, 5.41) is 0. The molecule has 3 aliphatic heterocycles. The van der Waals surface area contributed by atoms with Crippen LogP contribution < -0.4 is 0 Å². The summed E-state index contributed by atoms with van der Waals surface area (Å²) in [5.41, 5.74) is -0.0463. The fourth-order valence-electron chi connectivity index (χ4n) is 4.44. The van der Waals surface area contributed by atoms with E-state index < -0.39 is 11.1 Å². The van der Waals surface area contributed by atoms with Crippen LogP contribution in [0.25, 0.3) is 0 Å². The van der Waals surface area contributed by atoms with Gasteiger partial charge in [-0.25, -0.2) is 9.59 Å². The first-order valence-electron chi connectivity index (χ1n) is 9.29. The van der Waals surface area contributed by atoms with Crippen LogP contribution in [0.4, 0.5) is 4.79 Å². The lowest BCUT2D eigenvalue weighted by atomic mass is 9.95. The number of esters is 1. The minimum Gasteiger partial charge on any atom is -0.459 e. The predicted molar refractivity (Wildman–Crippen MR) is 95.4 cm³/mol. The molecule has 26 heavy (non-hydrogen) atoms. The maximum Gasteiger partial charge on any atom is 0.410 e. The van der Waals surface area contributed by atoms with Crippen molar-refractivity contribution in [3.05, 3.63) is 35.9 Å². The smallest absolute Gasteiger partial charge is 0.410 e. The van der Waals surface area contributed by atoms with E-state index in [1.165, 1.54) is 0 Å². The molecule has 140 valence electrons. The largest absolute Gasteiger partial charge is 0.459 e. The number of piperidine rings is 1. The molecule has 1 amide bonds. The van der Waals surface area contributed by atoms with Gasteiger partial charge in [-0.3, -0.25) is 4.90 Å². The molecule has 3 aliphatic rings. The maximum absolute atomic E-state index is 12.8. The number of likely N-dealkylation sites (tertiary alicyclic amines) is 1. The number of benzene rings is 1. The Hall–Kier alpha value is -2.08. The van der Waals surface area contributed by atoms with Crippen LogP contribution in [0, 0.1) is 0 Å². The summed E-state index contributed by atoms with van der Waals surface area (Å²) >= 11 is 0. The summed E-state index contributed by atoms with van der Waals surface area (Å²) in [6, 6.07) is 9.95. The van der Waals surface area contributed by atoms with E-state index in [0.29, 0.717) is 13.1 Å². The number of nitrogens with zero attached hydrogens (tertiary/aromatic N) is 2. The molecule has 0 aliphatic carbocycles. The highest BCUT2D eigenvalue weighted by Crippen LogP contribution is 2.56. The zero-order valence-corrected chi connectivity index (χ0v) is 15.6. The molecule has 0 aromatic heterocycles. The minimum absolute atomic E-state index is 0.0640. The molecular formula is C20H26N2O4. The SMILES string of the molecule is CC(C)(C)OC(=O)C12CCC3CN(C(=O)OCc4ccccc4)CC1N32. The number of piperazine rings is 1. The standard InChI is InChI=1S/C20H26N2O4/c1-19(2,3)26-17(23)20-10-9-15-11-21(12-16(20)22(15)20)18(24)25-13-14-7-5-4-6-8-14/h4-8,15-16H,9-13H2,1-3H3. The van der Waals surface area contributed by atoms with E-state index in [2.05, 4.69) is 4.90 Å². The number of ether oxygens (including phenoxy) is 2. The van der Waals surface area contributed by atoms with Gasteiger partial charge < -0.3 is 14.4 Å². The van der Waals surface area contributed by atoms with Crippen molar-refractivity contribution in [2.45, 2.75) is 63.4 Å². The van der Waals surface area contributed by atoms with E-state index in [-0.39, 0.29) is 30.8 Å². The first kappa shape index (κ1) is 17.3. The van der Waals surface area contributed by atoms with E-state index >= 15 is 0 Å². The summed E-state index contributed by atoms with van der Waals surface area (Å²) in [4.78, 5) is 29.2. The molecule has 3 heterocycles. The quantitative estimate of drug-likeness (QED) is 0.614. The molecule has 0 spiro atoms. The van der Waals surface area contributed by atoms with E-state index in [4.69, 9.17) is 9.47 Å². The summed E-state index contributed by atoms with van der Waals surface area (Å²) in [7, 11) is 0. The minimum atomic E-state index is -0.521. The number of hydrogen-bond donors (Lipinski definition) is 0. The average molecular weight is 358 g/mol. The third kappa shape index (κ3) is 2.86. The van der Waals surface area contributed by atoms with Crippen molar-refractivity contribution in [3.8, 4) is 0 Å². The third-order valence-electron chi connectivity index (χ3n) is 5.57. The molecule has 1 aromatic carbocycles. The second-order valence-electron chi connectivity index (χ2n) is 8.49. The van der Waals surface area contributed by atoms with Gasteiger partial charge in [-0.1, -0.05) is 30.3 Å². The molecule has 0 bridgehead atoms. The Morgan fingerprint density at radius 1 is 1.19 bits per heavy atom. The molecule has 3 saturated heterocycles. The van der Waals surface area contributed by atoms with Crippen LogP contribution in [-0.4, -0.2) is 58.2 Å². The predicted octanol–water partition coefficient (Wildman–Crippen LogP) is 2.57. The average Bonchev–Trinajstić information content (AvgIpc) is 3.08. The highest BCUT2D eigenvalue weighted by molar-refractivity contribution is 5.88. The molecule has 4 atom stereocenters. The number of carbonyl (C=O) groups excluding carboxylic acids is 2. The molecular weight excluding hydrogens is 332 g/mol. The van der Waals surface area contributed by atoms with Gasteiger partial charge in [-0.2, -0.15) is 0 Å². The summed E-state index contributed by atoms with van der Waals surface area (Å²) in [6.45, 7) is 7.10. The number of hydrogen-bond acceptors (Lipinski definition) is 5. The number of fused-ring (bicyclic) bond motifs is 1. The van der Waals surface area contributed by atoms with Gasteiger partial charge >= 0.3 is 12.1 Å². The van der Waals surface area contributed by atoms with E-state index in [0.717, 1.165) is 18.4 Å². The molecule has 0 radical (unpaired) electrons. The van der Waals surface area contributed by atoms with Crippen molar-refractivity contribution in [1.29, 1.82) is 0 Å². The molecule has 1 aromatic rings. The second kappa shape index (κ2) is 5.98. The fraction of sp³-hybridized carbons (Fsp3) is 0.600. The normalized spacial score (nSPS) is 32.0. The Labute approximate surface area is 154 Å². The Balaban J connectivity index is 1.38. The molecule has 6 nitrogen and oxygen atoms in total. The second-order valence-corrected chi connectivity index (χ2v) is 8.49.